The highest BCUT2D eigenvalue weighted by atomic mass is 16.6. The third-order valence-corrected chi connectivity index (χ3v) is 8.18. The number of hydrogen-bond donors (Lipinski definition) is 2. The van der Waals surface area contributed by atoms with Crippen molar-refractivity contribution in [2.24, 2.45) is 0 Å². The number of alkyl carbamates (subject to hydrolysis) is 1. The van der Waals surface area contributed by atoms with Gasteiger partial charge in [-0.2, -0.15) is 4.98 Å². The molecule has 0 spiro atoms. The number of nitrogens with one attached hydrogen (secondary N) is 1. The molecule has 5 rings (SSSR count). The van der Waals surface area contributed by atoms with Crippen molar-refractivity contribution in [2.75, 3.05) is 38.9 Å². The average molecular weight is 727 g/mol. The number of aliphatic hydroxyl groups is 1. The van der Waals surface area contributed by atoms with E-state index < -0.39 is 17.8 Å². The lowest BCUT2D eigenvalue weighted by Crippen LogP contribution is -2.33. The van der Waals surface area contributed by atoms with Gasteiger partial charge >= 0.3 is 12.1 Å². The van der Waals surface area contributed by atoms with E-state index in [0.717, 1.165) is 35.5 Å². The van der Waals surface area contributed by atoms with Crippen LogP contribution in [0.1, 0.15) is 75.4 Å². The van der Waals surface area contributed by atoms with Crippen LogP contribution in [0.2, 0.25) is 0 Å². The second kappa shape index (κ2) is 18.3. The molecule has 0 fully saturated rings. The molecule has 0 saturated heterocycles. The fourth-order valence-corrected chi connectivity index (χ4v) is 5.42. The maximum Gasteiger partial charge on any atom is 0.407 e. The Bertz CT molecular complexity index is 1840. The lowest BCUT2D eigenvalue weighted by atomic mass is 10.1. The van der Waals surface area contributed by atoms with E-state index in [2.05, 4.69) is 17.1 Å². The zero-order valence-corrected chi connectivity index (χ0v) is 31.4. The fraction of sp³-hybridized carbons (Fsp3) is 0.400. The van der Waals surface area contributed by atoms with E-state index >= 15 is 0 Å². The van der Waals surface area contributed by atoms with E-state index in [4.69, 9.17) is 38.8 Å². The molecular weight excluding hydrogens is 676 g/mol. The van der Waals surface area contributed by atoms with Gasteiger partial charge in [0, 0.05) is 19.6 Å². The van der Waals surface area contributed by atoms with Crippen LogP contribution in [-0.2, 0) is 17.8 Å². The number of benzene rings is 3. The fourth-order valence-electron chi connectivity index (χ4n) is 5.42. The van der Waals surface area contributed by atoms with E-state index in [-0.39, 0.29) is 6.01 Å². The first-order valence-corrected chi connectivity index (χ1v) is 17.8. The summed E-state index contributed by atoms with van der Waals surface area (Å²) in [6.07, 6.45) is 2.50. The van der Waals surface area contributed by atoms with Gasteiger partial charge in [-0.25, -0.2) is 14.3 Å². The second-order valence-electron chi connectivity index (χ2n) is 13.5. The highest BCUT2D eigenvalue weighted by molar-refractivity contribution is 5.67. The molecule has 3 aromatic carbocycles. The second-order valence-corrected chi connectivity index (χ2v) is 13.5. The van der Waals surface area contributed by atoms with Gasteiger partial charge in [-0.15, -0.1) is 5.10 Å². The molecule has 13 heteroatoms. The van der Waals surface area contributed by atoms with Gasteiger partial charge < -0.3 is 39.0 Å². The first kappa shape index (κ1) is 38.7. The van der Waals surface area contributed by atoms with Crippen molar-refractivity contribution in [2.45, 2.75) is 71.8 Å². The topological polar surface area (TPSA) is 142 Å². The Hall–Kier alpha value is -5.56. The summed E-state index contributed by atoms with van der Waals surface area (Å²) >= 11 is 0. The normalized spacial score (nSPS) is 11.9. The maximum atomic E-state index is 11.9. The zero-order chi connectivity index (χ0) is 37.8. The molecule has 0 radical (unpaired) electrons. The number of aromatic nitrogens is 4. The number of rotatable bonds is 18. The van der Waals surface area contributed by atoms with Crippen LogP contribution in [0.5, 0.6) is 23.3 Å². The standard InChI is InChI=1S/C40H50N6O7/c1-7-8-23-52-38-43-37(45(26-28-10-16-31(49-5)17-11-28)27-29-12-18-32(50-6)19-13-29)36-42-25-34(46(36)44-38)35(47)30-14-20-33(21-15-30)51-24-9-22-41-39(48)53-40(2,3)4/h10-21,25,35,47H,7-9,22-24,26-27H2,1-6H3,(H,41,48). The van der Waals surface area contributed by atoms with Gasteiger partial charge in [0.1, 0.15) is 29.0 Å². The molecule has 2 aromatic heterocycles. The molecule has 282 valence electrons. The molecule has 0 saturated carbocycles. The van der Waals surface area contributed by atoms with E-state index in [1.807, 2.05) is 69.3 Å². The molecule has 53 heavy (non-hydrogen) atoms. The third-order valence-electron chi connectivity index (χ3n) is 8.18. The average Bonchev–Trinajstić information content (AvgIpc) is 3.58. The van der Waals surface area contributed by atoms with E-state index in [9.17, 15) is 9.90 Å². The Labute approximate surface area is 310 Å². The molecule has 1 atom stereocenters. The van der Waals surface area contributed by atoms with Gasteiger partial charge in [0.05, 0.1) is 39.3 Å². The number of amides is 1. The van der Waals surface area contributed by atoms with Crippen LogP contribution < -0.4 is 29.2 Å². The summed E-state index contributed by atoms with van der Waals surface area (Å²) in [5, 5.41) is 19.1. The number of unbranched alkanes of at least 4 members (excludes halogenated alkanes) is 1. The number of hydrogen-bond acceptors (Lipinski definition) is 11. The van der Waals surface area contributed by atoms with Crippen molar-refractivity contribution < 1.29 is 33.6 Å². The number of aliphatic hydroxyl groups excluding tert-OH is 1. The number of carbonyl (C=O) groups is 1. The number of imidazole rings is 1. The van der Waals surface area contributed by atoms with Crippen LogP contribution in [-0.4, -0.2) is 70.4 Å². The number of carbonyl (C=O) groups excluding carboxylic acids is 1. The highest BCUT2D eigenvalue weighted by Gasteiger charge is 2.24. The van der Waals surface area contributed by atoms with E-state index in [0.29, 0.717) is 67.7 Å². The third kappa shape index (κ3) is 11.0. The number of methoxy groups -OCH3 is 2. The van der Waals surface area contributed by atoms with E-state index in [1.54, 1.807) is 49.2 Å². The van der Waals surface area contributed by atoms with Crippen LogP contribution in [0.15, 0.2) is 79.0 Å². The van der Waals surface area contributed by atoms with Gasteiger partial charge in [-0.1, -0.05) is 49.7 Å². The number of nitrogens with zero attached hydrogens (tertiary/aromatic N) is 5. The number of ether oxygens (including phenoxy) is 5. The molecule has 0 bridgehead atoms. The first-order valence-electron chi connectivity index (χ1n) is 17.8. The predicted octanol–water partition coefficient (Wildman–Crippen LogP) is 6.90. The Kier molecular flexibility index (Phi) is 13.3. The molecule has 2 N–H and O–H groups in total. The summed E-state index contributed by atoms with van der Waals surface area (Å²) in [5.41, 5.74) is 3.10. The lowest BCUT2D eigenvalue weighted by Gasteiger charge is -2.25. The van der Waals surface area contributed by atoms with Crippen molar-refractivity contribution in [1.82, 2.24) is 24.9 Å². The summed E-state index contributed by atoms with van der Waals surface area (Å²) in [5.74, 6) is 2.73. The minimum absolute atomic E-state index is 0.187. The molecular formula is C40H50N6O7. The summed E-state index contributed by atoms with van der Waals surface area (Å²) < 4.78 is 29.6. The number of fused-ring (bicyclic) bond motifs is 1. The Morgan fingerprint density at radius 1 is 0.849 bits per heavy atom. The minimum Gasteiger partial charge on any atom is -0.497 e. The van der Waals surface area contributed by atoms with Crippen LogP contribution >= 0.6 is 0 Å². The van der Waals surface area contributed by atoms with E-state index in [1.165, 1.54) is 0 Å². The summed E-state index contributed by atoms with van der Waals surface area (Å²) in [6.45, 7) is 9.82. The molecule has 0 aliphatic heterocycles. The molecule has 1 unspecified atom stereocenters. The SMILES string of the molecule is CCCCOc1nc(N(Cc2ccc(OC)cc2)Cc2ccc(OC)cc2)c2ncc(C(O)c3ccc(OCCCNC(=O)OC(C)(C)C)cc3)n2n1. The minimum atomic E-state index is -1.06. The van der Waals surface area contributed by atoms with Crippen LogP contribution in [0, 0.1) is 0 Å². The van der Waals surface area contributed by atoms with Gasteiger partial charge in [0.15, 0.2) is 11.5 Å². The summed E-state index contributed by atoms with van der Waals surface area (Å²) in [4.78, 5) is 23.6. The Morgan fingerprint density at radius 2 is 1.43 bits per heavy atom. The Morgan fingerprint density at radius 3 is 2.00 bits per heavy atom. The van der Waals surface area contributed by atoms with Crippen LogP contribution in [0.3, 0.4) is 0 Å². The van der Waals surface area contributed by atoms with Crippen LogP contribution in [0.25, 0.3) is 5.65 Å². The maximum absolute atomic E-state index is 11.9. The molecule has 0 aliphatic carbocycles. The monoisotopic (exact) mass is 726 g/mol. The largest absolute Gasteiger partial charge is 0.497 e. The van der Waals surface area contributed by atoms with Gasteiger partial charge in [0.2, 0.25) is 0 Å². The van der Waals surface area contributed by atoms with Crippen LogP contribution in [0.4, 0.5) is 10.6 Å². The van der Waals surface area contributed by atoms with Gasteiger partial charge in [0.25, 0.3) is 0 Å². The zero-order valence-electron chi connectivity index (χ0n) is 31.4. The summed E-state index contributed by atoms with van der Waals surface area (Å²) in [7, 11) is 3.29. The van der Waals surface area contributed by atoms with Crippen molar-refractivity contribution >= 4 is 17.6 Å². The Balaban J connectivity index is 1.39. The summed E-state index contributed by atoms with van der Waals surface area (Å²) in [6, 6.07) is 23.2. The van der Waals surface area contributed by atoms with Crippen molar-refractivity contribution in [3.05, 3.63) is 101 Å². The quantitative estimate of drug-likeness (QED) is 0.0911. The lowest BCUT2D eigenvalue weighted by molar-refractivity contribution is 0.0525. The van der Waals surface area contributed by atoms with Crippen molar-refractivity contribution in [3.8, 4) is 23.3 Å². The van der Waals surface area contributed by atoms with Crippen molar-refractivity contribution in [3.63, 3.8) is 0 Å². The first-order chi connectivity index (χ1) is 25.6. The van der Waals surface area contributed by atoms with Crippen molar-refractivity contribution in [1.29, 1.82) is 0 Å². The predicted molar refractivity (Wildman–Crippen MR) is 202 cm³/mol. The molecule has 13 nitrogen and oxygen atoms in total. The molecule has 5 aromatic rings. The molecule has 0 aliphatic rings. The smallest absolute Gasteiger partial charge is 0.407 e. The van der Waals surface area contributed by atoms with Gasteiger partial charge in [-0.3, -0.25) is 0 Å². The van der Waals surface area contributed by atoms with Gasteiger partial charge in [-0.05, 0) is 86.7 Å². The highest BCUT2D eigenvalue weighted by Crippen LogP contribution is 2.30. The molecule has 2 heterocycles. The number of anilines is 1. The molecule has 1 amide bonds.